The molecular formula is C17H21N3O3. The van der Waals surface area contributed by atoms with Gasteiger partial charge >= 0.3 is 0 Å². The molecule has 23 heavy (non-hydrogen) atoms. The number of benzene rings is 1. The number of rotatable bonds is 4. The monoisotopic (exact) mass is 315 g/mol. The van der Waals surface area contributed by atoms with Gasteiger partial charge in [-0.15, -0.1) is 0 Å². The molecule has 1 saturated heterocycles. The number of aromatic amines is 1. The summed E-state index contributed by atoms with van der Waals surface area (Å²) in [5.74, 6) is -0.269. The average molecular weight is 315 g/mol. The van der Waals surface area contributed by atoms with E-state index in [0.29, 0.717) is 38.3 Å². The van der Waals surface area contributed by atoms with Crippen LogP contribution in [-0.2, 0) is 9.53 Å². The van der Waals surface area contributed by atoms with Gasteiger partial charge in [0.05, 0.1) is 24.3 Å². The maximum atomic E-state index is 12.6. The van der Waals surface area contributed by atoms with E-state index in [1.807, 2.05) is 25.1 Å². The molecule has 1 aliphatic rings. The maximum absolute atomic E-state index is 12.6. The molecule has 3 rings (SSSR count). The lowest BCUT2D eigenvalue weighted by atomic mass is 10.1. The van der Waals surface area contributed by atoms with E-state index in [4.69, 9.17) is 4.74 Å². The first kappa shape index (κ1) is 15.6. The predicted octanol–water partition coefficient (Wildman–Crippen LogP) is 1.54. The fourth-order valence-electron chi connectivity index (χ4n) is 2.85. The van der Waals surface area contributed by atoms with Crippen LogP contribution in [0.15, 0.2) is 30.5 Å². The molecular weight excluding hydrogens is 294 g/mol. The first-order chi connectivity index (χ1) is 11.2. The number of carbonyl (C=O) groups excluding carboxylic acids is 2. The van der Waals surface area contributed by atoms with Crippen LogP contribution in [0.5, 0.6) is 0 Å². The van der Waals surface area contributed by atoms with Crippen LogP contribution in [0.2, 0.25) is 0 Å². The molecule has 6 heteroatoms. The van der Waals surface area contributed by atoms with E-state index in [1.54, 1.807) is 17.2 Å². The van der Waals surface area contributed by atoms with Gasteiger partial charge in [-0.05, 0) is 18.6 Å². The quantitative estimate of drug-likeness (QED) is 0.898. The van der Waals surface area contributed by atoms with E-state index < -0.39 is 6.04 Å². The van der Waals surface area contributed by atoms with Crippen LogP contribution in [-0.4, -0.2) is 54.0 Å². The third-order valence-electron chi connectivity index (χ3n) is 4.17. The van der Waals surface area contributed by atoms with Crippen molar-refractivity contribution in [3.63, 3.8) is 0 Å². The summed E-state index contributed by atoms with van der Waals surface area (Å²) in [4.78, 5) is 30.0. The second-order valence-corrected chi connectivity index (χ2v) is 5.62. The van der Waals surface area contributed by atoms with Gasteiger partial charge in [0.25, 0.3) is 5.91 Å². The molecule has 0 radical (unpaired) electrons. The Morgan fingerprint density at radius 3 is 2.83 bits per heavy atom. The highest BCUT2D eigenvalue weighted by atomic mass is 16.5. The summed E-state index contributed by atoms with van der Waals surface area (Å²) >= 11 is 0. The minimum atomic E-state index is -0.509. The van der Waals surface area contributed by atoms with Crippen molar-refractivity contribution in [1.29, 1.82) is 0 Å². The third-order valence-corrected chi connectivity index (χ3v) is 4.17. The molecule has 0 unspecified atom stereocenters. The van der Waals surface area contributed by atoms with Crippen molar-refractivity contribution in [3.05, 3.63) is 36.0 Å². The highest BCUT2D eigenvalue weighted by Gasteiger charge is 2.26. The van der Waals surface area contributed by atoms with Crippen molar-refractivity contribution in [2.75, 3.05) is 26.3 Å². The van der Waals surface area contributed by atoms with Gasteiger partial charge in [0.15, 0.2) is 0 Å². The molecule has 2 N–H and O–H groups in total. The molecule has 1 atom stereocenters. The van der Waals surface area contributed by atoms with Gasteiger partial charge in [-0.25, -0.2) is 0 Å². The lowest BCUT2D eigenvalue weighted by Crippen LogP contribution is -2.51. The molecule has 0 spiro atoms. The average Bonchev–Trinajstić information content (AvgIpc) is 3.08. The lowest BCUT2D eigenvalue weighted by molar-refractivity contribution is -0.137. The zero-order valence-corrected chi connectivity index (χ0v) is 13.2. The van der Waals surface area contributed by atoms with Gasteiger partial charge < -0.3 is 19.9 Å². The van der Waals surface area contributed by atoms with E-state index in [2.05, 4.69) is 10.3 Å². The number of amides is 2. The van der Waals surface area contributed by atoms with Crippen LogP contribution in [0.1, 0.15) is 23.7 Å². The number of nitrogens with one attached hydrogen (secondary N) is 2. The van der Waals surface area contributed by atoms with Gasteiger partial charge in [-0.3, -0.25) is 9.59 Å². The number of nitrogens with zero attached hydrogens (tertiary/aromatic N) is 1. The number of morpholine rings is 1. The van der Waals surface area contributed by atoms with Crippen LogP contribution < -0.4 is 5.32 Å². The summed E-state index contributed by atoms with van der Waals surface area (Å²) in [7, 11) is 0. The van der Waals surface area contributed by atoms with Gasteiger partial charge in [-0.2, -0.15) is 0 Å². The van der Waals surface area contributed by atoms with Crippen molar-refractivity contribution in [1.82, 2.24) is 15.2 Å². The fraction of sp³-hybridized carbons (Fsp3) is 0.412. The van der Waals surface area contributed by atoms with Crippen molar-refractivity contribution < 1.29 is 14.3 Å². The zero-order chi connectivity index (χ0) is 16.2. The molecule has 1 aromatic heterocycles. The Labute approximate surface area is 134 Å². The maximum Gasteiger partial charge on any atom is 0.254 e. The topological polar surface area (TPSA) is 74.4 Å². The third kappa shape index (κ3) is 3.22. The van der Waals surface area contributed by atoms with Crippen molar-refractivity contribution in [2.24, 2.45) is 0 Å². The molecule has 0 saturated carbocycles. The summed E-state index contributed by atoms with van der Waals surface area (Å²) in [6.07, 6.45) is 2.36. The van der Waals surface area contributed by atoms with Gasteiger partial charge in [-0.1, -0.05) is 19.1 Å². The Balaban J connectivity index is 1.74. The summed E-state index contributed by atoms with van der Waals surface area (Å²) in [6, 6.07) is 6.96. The van der Waals surface area contributed by atoms with Crippen molar-refractivity contribution >= 4 is 22.7 Å². The van der Waals surface area contributed by atoms with Crippen molar-refractivity contribution in [2.45, 2.75) is 19.4 Å². The molecule has 6 nitrogen and oxygen atoms in total. The highest BCUT2D eigenvalue weighted by molar-refractivity contribution is 6.06. The number of para-hydroxylation sites is 1. The Hall–Kier alpha value is -2.34. The molecule has 0 bridgehead atoms. The van der Waals surface area contributed by atoms with E-state index in [-0.39, 0.29) is 11.8 Å². The number of aromatic nitrogens is 1. The summed E-state index contributed by atoms with van der Waals surface area (Å²) in [5, 5.41) is 3.85. The number of ether oxygens (including phenoxy) is 1. The molecule has 122 valence electrons. The molecule has 0 aliphatic carbocycles. The van der Waals surface area contributed by atoms with E-state index >= 15 is 0 Å². The van der Waals surface area contributed by atoms with Crippen LogP contribution in [0.3, 0.4) is 0 Å². The second kappa shape index (κ2) is 6.83. The predicted molar refractivity (Wildman–Crippen MR) is 87.2 cm³/mol. The van der Waals surface area contributed by atoms with Crippen LogP contribution in [0.4, 0.5) is 0 Å². The largest absolute Gasteiger partial charge is 0.378 e. The van der Waals surface area contributed by atoms with Gasteiger partial charge in [0.2, 0.25) is 5.91 Å². The fourth-order valence-corrected chi connectivity index (χ4v) is 2.85. The van der Waals surface area contributed by atoms with Gasteiger partial charge in [0.1, 0.15) is 6.04 Å². The Morgan fingerprint density at radius 2 is 2.09 bits per heavy atom. The summed E-state index contributed by atoms with van der Waals surface area (Å²) < 4.78 is 5.27. The smallest absolute Gasteiger partial charge is 0.254 e. The van der Waals surface area contributed by atoms with Crippen molar-refractivity contribution in [3.8, 4) is 0 Å². The SMILES string of the molecule is CC[C@H](NC(=O)c1cccc2cc[nH]c12)C(=O)N1CCOCC1. The second-order valence-electron chi connectivity index (χ2n) is 5.62. The molecule has 2 aromatic rings. The number of carbonyl (C=O) groups is 2. The molecule has 2 amide bonds. The lowest BCUT2D eigenvalue weighted by Gasteiger charge is -2.30. The van der Waals surface area contributed by atoms with Gasteiger partial charge in [0, 0.05) is 24.7 Å². The minimum absolute atomic E-state index is 0.0391. The summed E-state index contributed by atoms with van der Waals surface area (Å²) in [5.41, 5.74) is 1.35. The number of H-pyrrole nitrogens is 1. The zero-order valence-electron chi connectivity index (χ0n) is 13.2. The number of hydrogen-bond acceptors (Lipinski definition) is 3. The first-order valence-electron chi connectivity index (χ1n) is 7.94. The Bertz CT molecular complexity index is 704. The van der Waals surface area contributed by atoms with Crippen LogP contribution in [0, 0.1) is 0 Å². The number of hydrogen-bond donors (Lipinski definition) is 2. The molecule has 2 heterocycles. The van der Waals surface area contributed by atoms with Crippen LogP contribution >= 0.6 is 0 Å². The Kier molecular flexibility index (Phi) is 4.62. The number of fused-ring (bicyclic) bond motifs is 1. The van der Waals surface area contributed by atoms with E-state index in [0.717, 1.165) is 10.9 Å². The molecule has 1 aliphatic heterocycles. The summed E-state index contributed by atoms with van der Waals surface area (Å²) in [6.45, 7) is 4.17. The highest BCUT2D eigenvalue weighted by Crippen LogP contribution is 2.17. The van der Waals surface area contributed by atoms with Crippen LogP contribution in [0.25, 0.3) is 10.9 Å². The van der Waals surface area contributed by atoms with E-state index in [9.17, 15) is 9.59 Å². The molecule has 1 fully saturated rings. The van der Waals surface area contributed by atoms with E-state index in [1.165, 1.54) is 0 Å². The first-order valence-corrected chi connectivity index (χ1v) is 7.94. The normalized spacial score (nSPS) is 16.3. The molecule has 1 aromatic carbocycles. The Morgan fingerprint density at radius 1 is 1.30 bits per heavy atom. The minimum Gasteiger partial charge on any atom is -0.378 e. The standard InChI is InChI=1S/C17H21N3O3/c1-2-14(17(22)20-8-10-23-11-9-20)19-16(21)13-5-3-4-12-6-7-18-15(12)13/h3-7,14,18H,2,8-11H2,1H3,(H,19,21)/t14-/m0/s1.